The summed E-state index contributed by atoms with van der Waals surface area (Å²) in [6, 6.07) is 2.06. The zero-order valence-electron chi connectivity index (χ0n) is 7.82. The molecule has 4 heteroatoms. The molecule has 0 aliphatic carbocycles. The molecule has 0 fully saturated rings. The van der Waals surface area contributed by atoms with Crippen molar-refractivity contribution in [3.63, 3.8) is 0 Å². The first kappa shape index (κ1) is 10.5. The second kappa shape index (κ2) is 5.21. The monoisotopic (exact) mass is 198 g/mol. The Bertz CT molecular complexity index is 266. The summed E-state index contributed by atoms with van der Waals surface area (Å²) in [5.41, 5.74) is 1.09. The molecule has 0 radical (unpaired) electrons. The highest BCUT2D eigenvalue weighted by molar-refractivity contribution is 7.98. The van der Waals surface area contributed by atoms with E-state index >= 15 is 0 Å². The van der Waals surface area contributed by atoms with Crippen molar-refractivity contribution in [1.82, 2.24) is 10.3 Å². The third-order valence-corrected chi connectivity index (χ3v) is 2.30. The summed E-state index contributed by atoms with van der Waals surface area (Å²) in [6.07, 6.45) is 5.17. The van der Waals surface area contributed by atoms with Crippen molar-refractivity contribution in [2.24, 2.45) is 0 Å². The molecule has 0 aliphatic heterocycles. The second-order valence-corrected chi connectivity index (χ2v) is 3.67. The third kappa shape index (κ3) is 3.76. The summed E-state index contributed by atoms with van der Waals surface area (Å²) in [4.78, 5) is 5.23. The van der Waals surface area contributed by atoms with Crippen molar-refractivity contribution in [1.29, 1.82) is 0 Å². The van der Waals surface area contributed by atoms with Crippen LogP contribution < -0.4 is 5.32 Å². The van der Waals surface area contributed by atoms with Crippen LogP contribution in [0.25, 0.3) is 0 Å². The maximum Gasteiger partial charge on any atom is 0.102 e. The van der Waals surface area contributed by atoms with Crippen LogP contribution in [0.4, 0.5) is 0 Å². The quantitative estimate of drug-likeness (QED) is 0.564. The lowest BCUT2D eigenvalue weighted by atomic mass is 10.3. The molecule has 72 valence electrons. The number of nitrogens with one attached hydrogen (secondary N) is 1. The van der Waals surface area contributed by atoms with Crippen LogP contribution in [0.1, 0.15) is 12.5 Å². The van der Waals surface area contributed by atoms with E-state index in [4.69, 9.17) is 5.11 Å². The molecular weight excluding hydrogens is 184 g/mol. The number of aliphatic hydroxyl groups excluding tert-OH is 1. The van der Waals surface area contributed by atoms with Crippen LogP contribution in [-0.2, 0) is 6.54 Å². The van der Waals surface area contributed by atoms with Crippen molar-refractivity contribution < 1.29 is 5.11 Å². The van der Waals surface area contributed by atoms with Gasteiger partial charge in [-0.1, -0.05) is 0 Å². The molecule has 1 aromatic rings. The Labute approximate surface area is 82.6 Å². The van der Waals surface area contributed by atoms with Crippen LogP contribution in [0.5, 0.6) is 0 Å². The van der Waals surface area contributed by atoms with Crippen molar-refractivity contribution in [3.8, 4) is 0 Å². The van der Waals surface area contributed by atoms with Gasteiger partial charge in [-0.25, -0.2) is 0 Å². The van der Waals surface area contributed by atoms with Crippen molar-refractivity contribution in [2.45, 2.75) is 24.6 Å². The molecule has 3 nitrogen and oxygen atoms in total. The highest BCUT2D eigenvalue weighted by atomic mass is 32.2. The largest absolute Gasteiger partial charge is 0.379 e. The van der Waals surface area contributed by atoms with E-state index in [1.165, 1.54) is 0 Å². The molecule has 1 heterocycles. The average Bonchev–Trinajstić information content (AvgIpc) is 2.15. The van der Waals surface area contributed by atoms with Gasteiger partial charge in [0.2, 0.25) is 0 Å². The summed E-state index contributed by atoms with van der Waals surface area (Å²) < 4.78 is 0. The van der Waals surface area contributed by atoms with Crippen LogP contribution in [0.2, 0.25) is 0 Å². The lowest BCUT2D eigenvalue weighted by Crippen LogP contribution is -2.24. The van der Waals surface area contributed by atoms with Crippen molar-refractivity contribution in [3.05, 3.63) is 24.0 Å². The number of nitrogens with zero attached hydrogens (tertiary/aromatic N) is 1. The second-order valence-electron chi connectivity index (χ2n) is 2.79. The molecule has 0 bridgehead atoms. The summed E-state index contributed by atoms with van der Waals surface area (Å²) >= 11 is 1.66. The molecule has 0 saturated heterocycles. The molecule has 1 unspecified atom stereocenters. The lowest BCUT2D eigenvalue weighted by Gasteiger charge is -2.07. The summed E-state index contributed by atoms with van der Waals surface area (Å²) in [7, 11) is 0. The van der Waals surface area contributed by atoms with E-state index in [-0.39, 0.29) is 0 Å². The van der Waals surface area contributed by atoms with Crippen LogP contribution in [0, 0.1) is 0 Å². The van der Waals surface area contributed by atoms with Gasteiger partial charge in [0, 0.05) is 23.8 Å². The molecule has 2 N–H and O–H groups in total. The van der Waals surface area contributed by atoms with Gasteiger partial charge >= 0.3 is 0 Å². The van der Waals surface area contributed by atoms with Gasteiger partial charge in [-0.2, -0.15) is 0 Å². The molecule has 0 spiro atoms. The average molecular weight is 198 g/mol. The van der Waals surface area contributed by atoms with Gasteiger partial charge in [0.1, 0.15) is 6.23 Å². The molecular formula is C9H14N2OS. The van der Waals surface area contributed by atoms with E-state index < -0.39 is 6.23 Å². The number of hydrogen-bond donors (Lipinski definition) is 2. The summed E-state index contributed by atoms with van der Waals surface area (Å²) in [5, 5.41) is 11.9. The predicted molar refractivity (Wildman–Crippen MR) is 54.5 cm³/mol. The van der Waals surface area contributed by atoms with Gasteiger partial charge in [-0.05, 0) is 24.8 Å². The van der Waals surface area contributed by atoms with Gasteiger partial charge in [0.25, 0.3) is 0 Å². The number of hydrogen-bond acceptors (Lipinski definition) is 4. The third-order valence-electron chi connectivity index (χ3n) is 1.61. The number of pyridine rings is 1. The molecule has 0 aromatic carbocycles. The molecule has 0 amide bonds. The lowest BCUT2D eigenvalue weighted by molar-refractivity contribution is 0.155. The first-order chi connectivity index (χ1) is 6.22. The Morgan fingerprint density at radius 1 is 1.62 bits per heavy atom. The number of aliphatic hydroxyl groups is 1. The summed E-state index contributed by atoms with van der Waals surface area (Å²) in [5.74, 6) is 0. The standard InChI is InChI=1S/C9H14N2OS/c1-7(12)11-5-8-3-9(13-2)6-10-4-8/h3-4,6-7,11-12H,5H2,1-2H3. The fourth-order valence-corrected chi connectivity index (χ4v) is 1.37. The highest BCUT2D eigenvalue weighted by Crippen LogP contribution is 2.13. The van der Waals surface area contributed by atoms with Crippen molar-refractivity contribution >= 4 is 11.8 Å². The van der Waals surface area contributed by atoms with Gasteiger partial charge < -0.3 is 5.11 Å². The van der Waals surface area contributed by atoms with Crippen LogP contribution in [-0.4, -0.2) is 22.6 Å². The van der Waals surface area contributed by atoms with Gasteiger partial charge in [-0.15, -0.1) is 11.8 Å². The fraction of sp³-hybridized carbons (Fsp3) is 0.444. The zero-order valence-corrected chi connectivity index (χ0v) is 8.64. The SMILES string of the molecule is CSc1cncc(CNC(C)O)c1. The summed E-state index contributed by atoms with van der Waals surface area (Å²) in [6.45, 7) is 2.35. The number of thioether (sulfide) groups is 1. The highest BCUT2D eigenvalue weighted by Gasteiger charge is 1.97. The Morgan fingerprint density at radius 3 is 3.00 bits per heavy atom. The Morgan fingerprint density at radius 2 is 2.38 bits per heavy atom. The van der Waals surface area contributed by atoms with E-state index in [1.54, 1.807) is 24.9 Å². The zero-order chi connectivity index (χ0) is 9.68. The molecule has 1 rings (SSSR count). The minimum atomic E-state index is -0.474. The Kier molecular flexibility index (Phi) is 4.21. The predicted octanol–water partition coefficient (Wildman–Crippen LogP) is 1.23. The molecule has 13 heavy (non-hydrogen) atoms. The van der Waals surface area contributed by atoms with E-state index in [0.717, 1.165) is 10.5 Å². The Hall–Kier alpha value is -0.580. The first-order valence-electron chi connectivity index (χ1n) is 4.11. The number of aromatic nitrogens is 1. The smallest absolute Gasteiger partial charge is 0.102 e. The minimum absolute atomic E-state index is 0.474. The molecule has 0 aliphatic rings. The fourth-order valence-electron chi connectivity index (χ4n) is 0.938. The van der Waals surface area contributed by atoms with Crippen LogP contribution in [0.15, 0.2) is 23.4 Å². The molecule has 1 atom stereocenters. The first-order valence-corrected chi connectivity index (χ1v) is 5.34. The van der Waals surface area contributed by atoms with Crippen molar-refractivity contribution in [2.75, 3.05) is 6.26 Å². The van der Waals surface area contributed by atoms with Gasteiger partial charge in [-0.3, -0.25) is 10.3 Å². The maximum absolute atomic E-state index is 9.00. The van der Waals surface area contributed by atoms with E-state index in [0.29, 0.717) is 6.54 Å². The Balaban J connectivity index is 2.56. The van der Waals surface area contributed by atoms with E-state index in [9.17, 15) is 0 Å². The number of rotatable bonds is 4. The van der Waals surface area contributed by atoms with E-state index in [1.807, 2.05) is 12.5 Å². The normalized spacial score (nSPS) is 12.8. The van der Waals surface area contributed by atoms with Gasteiger partial charge in [0.05, 0.1) is 0 Å². The van der Waals surface area contributed by atoms with E-state index in [2.05, 4.69) is 16.4 Å². The van der Waals surface area contributed by atoms with Crippen LogP contribution >= 0.6 is 11.8 Å². The maximum atomic E-state index is 9.00. The van der Waals surface area contributed by atoms with Gasteiger partial charge in [0.15, 0.2) is 0 Å². The minimum Gasteiger partial charge on any atom is -0.379 e. The van der Waals surface area contributed by atoms with Crippen LogP contribution in [0.3, 0.4) is 0 Å². The molecule has 0 saturated carbocycles. The topological polar surface area (TPSA) is 45.2 Å². The molecule has 1 aromatic heterocycles.